The summed E-state index contributed by atoms with van der Waals surface area (Å²) in [6.07, 6.45) is 3.50. The minimum Gasteiger partial charge on any atom is -0.349 e. The van der Waals surface area contributed by atoms with Crippen molar-refractivity contribution >= 4 is 5.91 Å². The highest BCUT2D eigenvalue weighted by atomic mass is 16.1. The molecule has 4 heteroatoms. The summed E-state index contributed by atoms with van der Waals surface area (Å²) in [7, 11) is 1.84. The van der Waals surface area contributed by atoms with Crippen LogP contribution in [0.15, 0.2) is 24.5 Å². The van der Waals surface area contributed by atoms with Crippen LogP contribution in [0.5, 0.6) is 0 Å². The molecule has 2 N–H and O–H groups in total. The molecule has 16 heavy (non-hydrogen) atoms. The summed E-state index contributed by atoms with van der Waals surface area (Å²) in [5.74, 6) is 0.0369. The largest absolute Gasteiger partial charge is 0.349 e. The molecule has 2 atom stereocenters. The zero-order chi connectivity index (χ0) is 12.0. The highest BCUT2D eigenvalue weighted by molar-refractivity contribution is 5.78. The van der Waals surface area contributed by atoms with E-state index in [2.05, 4.69) is 15.6 Å². The van der Waals surface area contributed by atoms with E-state index in [4.69, 9.17) is 0 Å². The molecule has 0 aromatic carbocycles. The van der Waals surface area contributed by atoms with Crippen LogP contribution in [-0.2, 0) is 4.79 Å². The lowest BCUT2D eigenvalue weighted by molar-refractivity contribution is -0.125. The van der Waals surface area contributed by atoms with Crippen molar-refractivity contribution in [2.24, 2.45) is 5.92 Å². The van der Waals surface area contributed by atoms with Gasteiger partial charge < -0.3 is 10.6 Å². The molecule has 0 saturated carbocycles. The lowest BCUT2D eigenvalue weighted by Gasteiger charge is -2.17. The van der Waals surface area contributed by atoms with Crippen LogP contribution in [0.25, 0.3) is 0 Å². The zero-order valence-electron chi connectivity index (χ0n) is 10.0. The number of hydrogen-bond acceptors (Lipinski definition) is 3. The van der Waals surface area contributed by atoms with Gasteiger partial charge in [-0.1, -0.05) is 13.0 Å². The van der Waals surface area contributed by atoms with Gasteiger partial charge in [0.25, 0.3) is 0 Å². The van der Waals surface area contributed by atoms with Crippen LogP contribution in [0.4, 0.5) is 0 Å². The van der Waals surface area contributed by atoms with E-state index in [9.17, 15) is 4.79 Å². The average molecular weight is 221 g/mol. The van der Waals surface area contributed by atoms with Crippen LogP contribution < -0.4 is 10.6 Å². The molecule has 0 bridgehead atoms. The van der Waals surface area contributed by atoms with Gasteiger partial charge in [0.15, 0.2) is 0 Å². The van der Waals surface area contributed by atoms with Gasteiger partial charge in [-0.25, -0.2) is 0 Å². The molecular formula is C12H19N3O. The first-order valence-corrected chi connectivity index (χ1v) is 5.50. The molecule has 0 aliphatic carbocycles. The lowest BCUT2D eigenvalue weighted by atomic mass is 10.1. The molecule has 1 amide bonds. The third-order valence-corrected chi connectivity index (χ3v) is 2.50. The summed E-state index contributed by atoms with van der Waals surface area (Å²) in [6, 6.07) is 3.83. The molecule has 0 radical (unpaired) electrons. The Labute approximate surface area is 96.5 Å². The molecule has 1 rings (SSSR count). The zero-order valence-corrected chi connectivity index (χ0v) is 10.0. The normalized spacial score (nSPS) is 14.2. The van der Waals surface area contributed by atoms with Gasteiger partial charge in [0.05, 0.1) is 6.04 Å². The van der Waals surface area contributed by atoms with Crippen molar-refractivity contribution in [2.45, 2.75) is 19.9 Å². The average Bonchev–Trinajstić information content (AvgIpc) is 2.30. The molecule has 0 fully saturated rings. The van der Waals surface area contributed by atoms with E-state index in [1.54, 1.807) is 12.4 Å². The van der Waals surface area contributed by atoms with Crippen molar-refractivity contribution < 1.29 is 4.79 Å². The van der Waals surface area contributed by atoms with Crippen molar-refractivity contribution in [3.8, 4) is 0 Å². The Morgan fingerprint density at radius 2 is 2.25 bits per heavy atom. The molecule has 0 spiro atoms. The molecule has 1 unspecified atom stereocenters. The smallest absolute Gasteiger partial charge is 0.224 e. The Balaban J connectivity index is 2.51. The summed E-state index contributed by atoms with van der Waals surface area (Å²) >= 11 is 0. The standard InChI is InChI=1S/C12H19N3O/c1-9(7-13-3)12(16)15-10(2)11-5-4-6-14-8-11/h4-6,8-10,13H,7H2,1-3H3,(H,15,16)/t9?,10-/m1/s1. The summed E-state index contributed by atoms with van der Waals surface area (Å²) in [5, 5.41) is 5.95. The second kappa shape index (κ2) is 6.23. The third kappa shape index (κ3) is 3.62. The first-order chi connectivity index (χ1) is 7.65. The van der Waals surface area contributed by atoms with E-state index in [-0.39, 0.29) is 17.9 Å². The molecule has 4 nitrogen and oxygen atoms in total. The molecule has 88 valence electrons. The van der Waals surface area contributed by atoms with Crippen molar-refractivity contribution in [3.63, 3.8) is 0 Å². The maximum atomic E-state index is 11.7. The Kier molecular flexibility index (Phi) is 4.92. The SMILES string of the molecule is CNCC(C)C(=O)N[C@H](C)c1cccnc1. The molecule has 0 aliphatic heterocycles. The molecule has 1 heterocycles. The Bertz CT molecular complexity index is 326. The Morgan fingerprint density at radius 1 is 1.50 bits per heavy atom. The molecular weight excluding hydrogens is 202 g/mol. The van der Waals surface area contributed by atoms with E-state index < -0.39 is 0 Å². The number of pyridine rings is 1. The van der Waals surface area contributed by atoms with Crippen molar-refractivity contribution in [3.05, 3.63) is 30.1 Å². The second-order valence-corrected chi connectivity index (χ2v) is 3.98. The van der Waals surface area contributed by atoms with Gasteiger partial charge in [-0.05, 0) is 25.6 Å². The molecule has 1 aromatic heterocycles. The van der Waals surface area contributed by atoms with Gasteiger partial charge >= 0.3 is 0 Å². The maximum absolute atomic E-state index is 11.7. The van der Waals surface area contributed by atoms with Gasteiger partial charge in [-0.3, -0.25) is 9.78 Å². The van der Waals surface area contributed by atoms with E-state index in [0.717, 1.165) is 5.56 Å². The first kappa shape index (κ1) is 12.6. The number of rotatable bonds is 5. The highest BCUT2D eigenvalue weighted by Crippen LogP contribution is 2.10. The third-order valence-electron chi connectivity index (χ3n) is 2.50. The van der Waals surface area contributed by atoms with E-state index in [0.29, 0.717) is 6.54 Å². The second-order valence-electron chi connectivity index (χ2n) is 3.98. The number of aromatic nitrogens is 1. The fourth-order valence-corrected chi connectivity index (χ4v) is 1.47. The van der Waals surface area contributed by atoms with Gasteiger partial charge in [0.1, 0.15) is 0 Å². The van der Waals surface area contributed by atoms with Gasteiger partial charge in [0.2, 0.25) is 5.91 Å². The minimum atomic E-state index is -0.0240. The fraction of sp³-hybridized carbons (Fsp3) is 0.500. The predicted octanol–water partition coefficient (Wildman–Crippen LogP) is 1.11. The quantitative estimate of drug-likeness (QED) is 0.783. The van der Waals surface area contributed by atoms with Gasteiger partial charge in [0, 0.05) is 24.9 Å². The van der Waals surface area contributed by atoms with Crippen LogP contribution in [0.2, 0.25) is 0 Å². The predicted molar refractivity (Wildman–Crippen MR) is 63.9 cm³/mol. The number of nitrogens with one attached hydrogen (secondary N) is 2. The highest BCUT2D eigenvalue weighted by Gasteiger charge is 2.15. The van der Waals surface area contributed by atoms with Crippen LogP contribution >= 0.6 is 0 Å². The van der Waals surface area contributed by atoms with Gasteiger partial charge in [-0.15, -0.1) is 0 Å². The van der Waals surface area contributed by atoms with Crippen molar-refractivity contribution in [2.75, 3.05) is 13.6 Å². The summed E-state index contributed by atoms with van der Waals surface area (Å²) in [6.45, 7) is 4.55. The van der Waals surface area contributed by atoms with E-state index >= 15 is 0 Å². The number of amides is 1. The molecule has 1 aromatic rings. The fourth-order valence-electron chi connectivity index (χ4n) is 1.47. The van der Waals surface area contributed by atoms with Crippen LogP contribution in [0.3, 0.4) is 0 Å². The lowest BCUT2D eigenvalue weighted by Crippen LogP contribution is -2.35. The molecule has 0 saturated heterocycles. The van der Waals surface area contributed by atoms with Crippen LogP contribution in [0.1, 0.15) is 25.5 Å². The van der Waals surface area contributed by atoms with E-state index in [1.165, 1.54) is 0 Å². The Hall–Kier alpha value is -1.42. The maximum Gasteiger partial charge on any atom is 0.224 e. The number of carbonyl (C=O) groups is 1. The van der Waals surface area contributed by atoms with Crippen LogP contribution in [0, 0.1) is 5.92 Å². The number of hydrogen-bond donors (Lipinski definition) is 2. The first-order valence-electron chi connectivity index (χ1n) is 5.50. The number of nitrogens with zero attached hydrogens (tertiary/aromatic N) is 1. The summed E-state index contributed by atoms with van der Waals surface area (Å²) in [4.78, 5) is 15.8. The van der Waals surface area contributed by atoms with E-state index in [1.807, 2.05) is 33.0 Å². The minimum absolute atomic E-state index is 0.000469. The molecule has 0 aliphatic rings. The van der Waals surface area contributed by atoms with Crippen LogP contribution in [-0.4, -0.2) is 24.5 Å². The van der Waals surface area contributed by atoms with Crippen molar-refractivity contribution in [1.29, 1.82) is 0 Å². The summed E-state index contributed by atoms with van der Waals surface area (Å²) < 4.78 is 0. The Morgan fingerprint density at radius 3 is 2.81 bits per heavy atom. The monoisotopic (exact) mass is 221 g/mol. The topological polar surface area (TPSA) is 54.0 Å². The van der Waals surface area contributed by atoms with Crippen molar-refractivity contribution in [1.82, 2.24) is 15.6 Å². The van der Waals surface area contributed by atoms with Gasteiger partial charge in [-0.2, -0.15) is 0 Å². The number of carbonyl (C=O) groups excluding carboxylic acids is 1. The summed E-state index contributed by atoms with van der Waals surface area (Å²) in [5.41, 5.74) is 1.02.